The maximum atomic E-state index is 12.8. The molecule has 0 aliphatic heterocycles. The van der Waals surface area contributed by atoms with E-state index < -0.39 is 6.61 Å². The number of fused-ring (bicyclic) bond motifs is 1. The van der Waals surface area contributed by atoms with Gasteiger partial charge in [0.05, 0.1) is 23.5 Å². The van der Waals surface area contributed by atoms with Crippen molar-refractivity contribution >= 4 is 44.6 Å². The highest BCUT2D eigenvalue weighted by Crippen LogP contribution is 2.29. The van der Waals surface area contributed by atoms with Crippen LogP contribution in [0, 0.1) is 0 Å². The number of imidazole rings is 1. The fourth-order valence-electron chi connectivity index (χ4n) is 2.73. The standard InChI is InChI=1S/C18H14BrClF2N2O/c1-2-11-4-3-5-16(25-18(21)22)13(11)10-24-15-8-12(19)6-7-14(15)23-17(24)9-20/h2-8,18H,1,9-10H2. The third-order valence-corrected chi connectivity index (χ3v) is 4.56. The minimum atomic E-state index is -2.90. The van der Waals surface area contributed by atoms with Crippen LogP contribution in [-0.2, 0) is 12.4 Å². The lowest BCUT2D eigenvalue weighted by atomic mass is 10.1. The van der Waals surface area contributed by atoms with E-state index in [1.807, 2.05) is 22.8 Å². The summed E-state index contributed by atoms with van der Waals surface area (Å²) in [5.74, 6) is 0.967. The van der Waals surface area contributed by atoms with Gasteiger partial charge in [0.25, 0.3) is 0 Å². The van der Waals surface area contributed by atoms with E-state index in [1.54, 1.807) is 18.2 Å². The summed E-state index contributed by atoms with van der Waals surface area (Å²) in [5, 5.41) is 0. The van der Waals surface area contributed by atoms with Crippen LogP contribution in [0.1, 0.15) is 17.0 Å². The van der Waals surface area contributed by atoms with Crippen LogP contribution >= 0.6 is 27.5 Å². The molecule has 3 aromatic rings. The number of nitrogens with zero attached hydrogens (tertiary/aromatic N) is 2. The van der Waals surface area contributed by atoms with Crippen molar-refractivity contribution in [2.24, 2.45) is 0 Å². The SMILES string of the molecule is C=Cc1cccc(OC(F)F)c1Cn1c(CCl)nc2ccc(Br)cc21. The third kappa shape index (κ3) is 3.70. The van der Waals surface area contributed by atoms with Gasteiger partial charge in [-0.2, -0.15) is 8.78 Å². The second kappa shape index (κ2) is 7.54. The van der Waals surface area contributed by atoms with E-state index in [2.05, 4.69) is 32.2 Å². The molecule has 0 amide bonds. The van der Waals surface area contributed by atoms with Gasteiger partial charge in [0.15, 0.2) is 0 Å². The molecule has 2 aromatic carbocycles. The Morgan fingerprint density at radius 1 is 1.32 bits per heavy atom. The van der Waals surface area contributed by atoms with Crippen LogP contribution in [-0.4, -0.2) is 16.2 Å². The highest BCUT2D eigenvalue weighted by Gasteiger charge is 2.17. The van der Waals surface area contributed by atoms with Crippen molar-refractivity contribution in [1.29, 1.82) is 0 Å². The first-order chi connectivity index (χ1) is 12.0. The Bertz CT molecular complexity index is 927. The maximum absolute atomic E-state index is 12.8. The zero-order valence-corrected chi connectivity index (χ0v) is 15.4. The topological polar surface area (TPSA) is 27.1 Å². The Morgan fingerprint density at radius 3 is 2.80 bits per heavy atom. The smallest absolute Gasteiger partial charge is 0.387 e. The van der Waals surface area contributed by atoms with E-state index >= 15 is 0 Å². The molecule has 3 rings (SSSR count). The molecule has 1 aromatic heterocycles. The van der Waals surface area contributed by atoms with E-state index in [0.29, 0.717) is 17.9 Å². The molecular formula is C18H14BrClF2N2O. The summed E-state index contributed by atoms with van der Waals surface area (Å²) in [7, 11) is 0. The molecule has 25 heavy (non-hydrogen) atoms. The van der Waals surface area contributed by atoms with Gasteiger partial charge in [0.1, 0.15) is 11.6 Å². The minimum absolute atomic E-state index is 0.116. The quantitative estimate of drug-likeness (QED) is 0.463. The van der Waals surface area contributed by atoms with E-state index in [-0.39, 0.29) is 11.6 Å². The molecule has 130 valence electrons. The second-order valence-electron chi connectivity index (χ2n) is 5.29. The first-order valence-corrected chi connectivity index (χ1v) is 8.76. The summed E-state index contributed by atoms with van der Waals surface area (Å²) < 4.78 is 33.0. The molecule has 0 unspecified atom stereocenters. The first-order valence-electron chi connectivity index (χ1n) is 7.43. The molecule has 0 N–H and O–H groups in total. The van der Waals surface area contributed by atoms with Crippen molar-refractivity contribution in [1.82, 2.24) is 9.55 Å². The van der Waals surface area contributed by atoms with E-state index in [9.17, 15) is 8.78 Å². The maximum Gasteiger partial charge on any atom is 0.387 e. The molecule has 3 nitrogen and oxygen atoms in total. The van der Waals surface area contributed by atoms with Crippen LogP contribution in [0.3, 0.4) is 0 Å². The summed E-state index contributed by atoms with van der Waals surface area (Å²) in [6.45, 7) is 1.15. The molecule has 0 spiro atoms. The fourth-order valence-corrected chi connectivity index (χ4v) is 3.28. The highest BCUT2D eigenvalue weighted by molar-refractivity contribution is 9.10. The lowest BCUT2D eigenvalue weighted by Gasteiger charge is -2.16. The van der Waals surface area contributed by atoms with Gasteiger partial charge in [-0.3, -0.25) is 0 Å². The highest BCUT2D eigenvalue weighted by atomic mass is 79.9. The number of ether oxygens (including phenoxy) is 1. The molecule has 0 atom stereocenters. The lowest BCUT2D eigenvalue weighted by Crippen LogP contribution is -2.10. The summed E-state index contributed by atoms with van der Waals surface area (Å²) in [4.78, 5) is 4.51. The normalized spacial score (nSPS) is 11.2. The molecule has 0 saturated carbocycles. The lowest BCUT2D eigenvalue weighted by molar-refractivity contribution is -0.0504. The van der Waals surface area contributed by atoms with E-state index in [1.165, 1.54) is 6.07 Å². The predicted octanol–water partition coefficient (Wildman–Crippen LogP) is 5.83. The number of halogens is 4. The fraction of sp³-hybridized carbons (Fsp3) is 0.167. The Morgan fingerprint density at radius 2 is 2.12 bits per heavy atom. The monoisotopic (exact) mass is 426 g/mol. The largest absolute Gasteiger partial charge is 0.434 e. The van der Waals surface area contributed by atoms with Crippen LogP contribution in [0.25, 0.3) is 17.1 Å². The summed E-state index contributed by atoms with van der Waals surface area (Å²) >= 11 is 9.49. The van der Waals surface area contributed by atoms with Crippen molar-refractivity contribution in [3.63, 3.8) is 0 Å². The van der Waals surface area contributed by atoms with Gasteiger partial charge in [-0.25, -0.2) is 4.98 Å². The summed E-state index contributed by atoms with van der Waals surface area (Å²) in [5.41, 5.74) is 2.96. The van der Waals surface area contributed by atoms with Crippen molar-refractivity contribution in [2.45, 2.75) is 19.0 Å². The van der Waals surface area contributed by atoms with Crippen molar-refractivity contribution in [3.8, 4) is 5.75 Å². The Hall–Kier alpha value is -1.92. The molecular weight excluding hydrogens is 414 g/mol. The number of hydrogen-bond acceptors (Lipinski definition) is 2. The van der Waals surface area contributed by atoms with Crippen LogP contribution in [0.5, 0.6) is 5.75 Å². The molecule has 0 radical (unpaired) electrons. The Balaban J connectivity index is 2.15. The Kier molecular flexibility index (Phi) is 5.39. The molecule has 0 saturated heterocycles. The Labute approximate surface area is 157 Å². The number of alkyl halides is 3. The van der Waals surface area contributed by atoms with Gasteiger partial charge in [-0.1, -0.05) is 40.7 Å². The third-order valence-electron chi connectivity index (χ3n) is 3.83. The van der Waals surface area contributed by atoms with Gasteiger partial charge in [-0.05, 0) is 29.8 Å². The van der Waals surface area contributed by atoms with Crippen LogP contribution < -0.4 is 4.74 Å². The molecule has 0 aliphatic rings. The van der Waals surface area contributed by atoms with Crippen molar-refractivity contribution in [2.75, 3.05) is 0 Å². The van der Waals surface area contributed by atoms with Gasteiger partial charge in [0.2, 0.25) is 0 Å². The van der Waals surface area contributed by atoms with Gasteiger partial charge >= 0.3 is 6.61 Å². The van der Waals surface area contributed by atoms with Crippen LogP contribution in [0.4, 0.5) is 8.78 Å². The van der Waals surface area contributed by atoms with Crippen LogP contribution in [0.15, 0.2) is 47.4 Å². The number of aromatic nitrogens is 2. The van der Waals surface area contributed by atoms with Gasteiger partial charge in [-0.15, -0.1) is 11.6 Å². The predicted molar refractivity (Wildman–Crippen MR) is 99.3 cm³/mol. The van der Waals surface area contributed by atoms with Crippen molar-refractivity contribution < 1.29 is 13.5 Å². The first kappa shape index (κ1) is 17.9. The minimum Gasteiger partial charge on any atom is -0.434 e. The molecule has 0 fully saturated rings. The second-order valence-corrected chi connectivity index (χ2v) is 6.47. The van der Waals surface area contributed by atoms with Crippen molar-refractivity contribution in [3.05, 3.63) is 64.4 Å². The molecule has 0 bridgehead atoms. The zero-order chi connectivity index (χ0) is 18.0. The summed E-state index contributed by atoms with van der Waals surface area (Å²) in [6.07, 6.45) is 1.61. The van der Waals surface area contributed by atoms with Gasteiger partial charge in [0, 0.05) is 10.0 Å². The van der Waals surface area contributed by atoms with Gasteiger partial charge < -0.3 is 9.30 Å². The number of benzene rings is 2. The molecule has 1 heterocycles. The average Bonchev–Trinajstić information content (AvgIpc) is 2.93. The van der Waals surface area contributed by atoms with Crippen LogP contribution in [0.2, 0.25) is 0 Å². The average molecular weight is 428 g/mol. The van der Waals surface area contributed by atoms with E-state index in [0.717, 1.165) is 21.1 Å². The number of hydrogen-bond donors (Lipinski definition) is 0. The summed E-state index contributed by atoms with van der Waals surface area (Å²) in [6, 6.07) is 10.7. The van der Waals surface area contributed by atoms with E-state index in [4.69, 9.17) is 11.6 Å². The zero-order valence-electron chi connectivity index (χ0n) is 13.1. The number of rotatable bonds is 6. The molecule has 0 aliphatic carbocycles. The molecule has 7 heteroatoms.